The fourth-order valence-electron chi connectivity index (χ4n) is 2.68. The van der Waals surface area contributed by atoms with E-state index in [2.05, 4.69) is 22.5 Å². The number of amides is 1. The monoisotopic (exact) mass is 387 g/mol. The van der Waals surface area contributed by atoms with Crippen molar-refractivity contribution >= 4 is 42.1 Å². The molecule has 4 nitrogen and oxygen atoms in total. The second-order valence-electron chi connectivity index (χ2n) is 6.14. The highest BCUT2D eigenvalue weighted by molar-refractivity contribution is 7.16. The Balaban J connectivity index is 0.00000144. The Hall–Kier alpha value is -1.14. The van der Waals surface area contributed by atoms with E-state index in [1.165, 1.54) is 11.3 Å². The van der Waals surface area contributed by atoms with Crippen LogP contribution in [0.5, 0.6) is 0 Å². The molecule has 0 radical (unpaired) electrons. The van der Waals surface area contributed by atoms with Crippen LogP contribution in [-0.4, -0.2) is 30.5 Å². The van der Waals surface area contributed by atoms with Crippen LogP contribution in [0.4, 0.5) is 0 Å². The molecule has 24 heavy (non-hydrogen) atoms. The van der Waals surface area contributed by atoms with Crippen molar-refractivity contribution in [2.75, 3.05) is 19.6 Å². The third-order valence-electron chi connectivity index (χ3n) is 4.24. The van der Waals surface area contributed by atoms with Crippen molar-refractivity contribution in [3.63, 3.8) is 0 Å². The number of nitrogens with one attached hydrogen (secondary N) is 2. The van der Waals surface area contributed by atoms with Gasteiger partial charge in [-0.25, -0.2) is 4.98 Å². The summed E-state index contributed by atoms with van der Waals surface area (Å²) in [6, 6.07) is 9.96. The highest BCUT2D eigenvalue weighted by Gasteiger charge is 2.27. The summed E-state index contributed by atoms with van der Waals surface area (Å²) < 4.78 is 0. The van der Waals surface area contributed by atoms with Gasteiger partial charge in [-0.15, -0.1) is 36.2 Å². The van der Waals surface area contributed by atoms with Crippen molar-refractivity contribution < 1.29 is 4.79 Å². The van der Waals surface area contributed by atoms with Crippen molar-refractivity contribution in [2.45, 2.75) is 19.8 Å². The lowest BCUT2D eigenvalue weighted by Crippen LogP contribution is -2.42. The van der Waals surface area contributed by atoms with Crippen molar-refractivity contribution in [2.24, 2.45) is 5.41 Å². The molecule has 2 aromatic rings. The lowest BCUT2D eigenvalue weighted by atomic mass is 9.81. The minimum Gasteiger partial charge on any atom is -0.351 e. The van der Waals surface area contributed by atoms with E-state index in [9.17, 15) is 4.79 Å². The van der Waals surface area contributed by atoms with Gasteiger partial charge in [0.1, 0.15) is 9.88 Å². The molecule has 1 aromatic heterocycles. The molecule has 2 heterocycles. The van der Waals surface area contributed by atoms with Gasteiger partial charge in [0.2, 0.25) is 0 Å². The van der Waals surface area contributed by atoms with E-state index in [-0.39, 0.29) is 36.1 Å². The molecule has 7 heteroatoms. The number of nitrogens with zero attached hydrogens (tertiary/aromatic N) is 1. The van der Waals surface area contributed by atoms with Gasteiger partial charge in [0, 0.05) is 12.1 Å². The molecule has 0 bridgehead atoms. The van der Waals surface area contributed by atoms with Crippen LogP contribution in [0.25, 0.3) is 10.6 Å². The van der Waals surface area contributed by atoms with Gasteiger partial charge < -0.3 is 10.6 Å². The van der Waals surface area contributed by atoms with Crippen LogP contribution in [0.1, 0.15) is 29.4 Å². The molecule has 1 saturated heterocycles. The smallest absolute Gasteiger partial charge is 0.263 e. The third-order valence-corrected chi connectivity index (χ3v) is 5.28. The summed E-state index contributed by atoms with van der Waals surface area (Å²) in [4.78, 5) is 17.4. The molecule has 2 N–H and O–H groups in total. The number of hydrogen-bond donors (Lipinski definition) is 2. The second kappa shape index (κ2) is 9.37. The summed E-state index contributed by atoms with van der Waals surface area (Å²) in [7, 11) is 0. The molecule has 0 unspecified atom stereocenters. The van der Waals surface area contributed by atoms with Crippen LogP contribution in [-0.2, 0) is 0 Å². The number of piperidine rings is 1. The topological polar surface area (TPSA) is 54.0 Å². The van der Waals surface area contributed by atoms with E-state index in [0.717, 1.165) is 43.0 Å². The lowest BCUT2D eigenvalue weighted by Gasteiger charge is -2.34. The van der Waals surface area contributed by atoms with Crippen molar-refractivity contribution in [1.29, 1.82) is 0 Å². The van der Waals surface area contributed by atoms with Gasteiger partial charge in [-0.05, 0) is 31.3 Å². The summed E-state index contributed by atoms with van der Waals surface area (Å²) in [6.45, 7) is 5.04. The molecule has 1 aromatic carbocycles. The van der Waals surface area contributed by atoms with Gasteiger partial charge in [-0.2, -0.15) is 0 Å². The Morgan fingerprint density at radius 2 is 1.92 bits per heavy atom. The van der Waals surface area contributed by atoms with E-state index >= 15 is 0 Å². The number of carbonyl (C=O) groups excluding carboxylic acids is 1. The van der Waals surface area contributed by atoms with E-state index in [0.29, 0.717) is 4.88 Å². The zero-order valence-electron chi connectivity index (χ0n) is 13.6. The fourth-order valence-corrected chi connectivity index (χ4v) is 3.52. The Bertz CT molecular complexity index is 642. The van der Waals surface area contributed by atoms with Gasteiger partial charge >= 0.3 is 0 Å². The molecular weight excluding hydrogens is 365 g/mol. The SMILES string of the molecule is CC1(CNC(=O)c2cnc(-c3ccccc3)s2)CCNCC1.Cl.Cl. The summed E-state index contributed by atoms with van der Waals surface area (Å²) >= 11 is 1.44. The van der Waals surface area contributed by atoms with E-state index in [1.54, 1.807) is 6.20 Å². The standard InChI is InChI=1S/C17H21N3OS.2ClH/c1-17(7-9-18-10-8-17)12-20-15(21)14-11-19-16(22-14)13-5-3-2-4-6-13;;/h2-6,11,18H,7-10,12H2,1H3,(H,20,21);2*1H. The van der Waals surface area contributed by atoms with E-state index in [1.807, 2.05) is 30.3 Å². The van der Waals surface area contributed by atoms with Crippen LogP contribution < -0.4 is 10.6 Å². The lowest BCUT2D eigenvalue weighted by molar-refractivity contribution is 0.0926. The first-order valence-electron chi connectivity index (χ1n) is 7.66. The third kappa shape index (κ3) is 5.18. The van der Waals surface area contributed by atoms with Crippen LogP contribution >= 0.6 is 36.2 Å². The van der Waals surface area contributed by atoms with E-state index in [4.69, 9.17) is 0 Å². The molecular formula is C17H23Cl2N3OS. The number of rotatable bonds is 4. The van der Waals surface area contributed by atoms with Crippen molar-refractivity contribution in [3.8, 4) is 10.6 Å². The van der Waals surface area contributed by atoms with Crippen LogP contribution in [0.15, 0.2) is 36.5 Å². The summed E-state index contributed by atoms with van der Waals surface area (Å²) in [5, 5.41) is 7.33. The van der Waals surface area contributed by atoms with Crippen molar-refractivity contribution in [1.82, 2.24) is 15.6 Å². The van der Waals surface area contributed by atoms with Gasteiger partial charge in [0.25, 0.3) is 5.91 Å². The first kappa shape index (κ1) is 20.9. The first-order valence-corrected chi connectivity index (χ1v) is 8.48. The molecule has 0 aliphatic carbocycles. The summed E-state index contributed by atoms with van der Waals surface area (Å²) in [5.41, 5.74) is 1.25. The summed E-state index contributed by atoms with van der Waals surface area (Å²) in [5.74, 6) is -0.0144. The molecule has 1 aliphatic heterocycles. The van der Waals surface area contributed by atoms with Crippen LogP contribution in [0.2, 0.25) is 0 Å². The zero-order valence-corrected chi connectivity index (χ0v) is 16.0. The maximum atomic E-state index is 12.3. The van der Waals surface area contributed by atoms with E-state index < -0.39 is 0 Å². The highest BCUT2D eigenvalue weighted by Crippen LogP contribution is 2.28. The average molecular weight is 388 g/mol. The first-order chi connectivity index (χ1) is 10.7. The quantitative estimate of drug-likeness (QED) is 0.838. The molecule has 0 atom stereocenters. The molecule has 0 saturated carbocycles. The fraction of sp³-hybridized carbons (Fsp3) is 0.412. The Morgan fingerprint density at radius 1 is 1.25 bits per heavy atom. The number of hydrogen-bond acceptors (Lipinski definition) is 4. The number of halogens is 2. The minimum absolute atomic E-state index is 0. The minimum atomic E-state index is -0.0144. The molecule has 1 fully saturated rings. The van der Waals surface area contributed by atoms with Gasteiger partial charge in [-0.3, -0.25) is 4.79 Å². The number of thiazole rings is 1. The predicted molar refractivity (Wildman–Crippen MR) is 105 cm³/mol. The number of benzene rings is 1. The van der Waals surface area contributed by atoms with Crippen LogP contribution in [0.3, 0.4) is 0 Å². The molecule has 132 valence electrons. The molecule has 1 amide bonds. The number of aromatic nitrogens is 1. The van der Waals surface area contributed by atoms with Gasteiger partial charge in [0.15, 0.2) is 0 Å². The molecule has 1 aliphatic rings. The Morgan fingerprint density at radius 3 is 2.58 bits per heavy atom. The number of carbonyl (C=O) groups is 1. The Labute approximate surface area is 159 Å². The molecule has 3 rings (SSSR count). The zero-order chi connectivity index (χ0) is 15.4. The van der Waals surface area contributed by atoms with Crippen molar-refractivity contribution in [3.05, 3.63) is 41.4 Å². The Kier molecular flexibility index (Phi) is 8.16. The largest absolute Gasteiger partial charge is 0.351 e. The average Bonchev–Trinajstić information content (AvgIpc) is 3.04. The summed E-state index contributed by atoms with van der Waals surface area (Å²) in [6.07, 6.45) is 3.88. The maximum Gasteiger partial charge on any atom is 0.263 e. The highest BCUT2D eigenvalue weighted by atomic mass is 35.5. The van der Waals surface area contributed by atoms with Crippen LogP contribution in [0, 0.1) is 5.41 Å². The second-order valence-corrected chi connectivity index (χ2v) is 7.17. The molecule has 0 spiro atoms. The van der Waals surface area contributed by atoms with Gasteiger partial charge in [-0.1, -0.05) is 37.3 Å². The predicted octanol–water partition coefficient (Wildman–Crippen LogP) is 3.77. The van der Waals surface area contributed by atoms with Gasteiger partial charge in [0.05, 0.1) is 6.20 Å². The normalized spacial score (nSPS) is 15.7. The maximum absolute atomic E-state index is 12.3.